The summed E-state index contributed by atoms with van der Waals surface area (Å²) in [5.74, 6) is 0.549. The van der Waals surface area contributed by atoms with Crippen LogP contribution in [-0.2, 0) is 4.79 Å². The van der Waals surface area contributed by atoms with Gasteiger partial charge in [0.25, 0.3) is 0 Å². The fourth-order valence-corrected chi connectivity index (χ4v) is 3.98. The van der Waals surface area contributed by atoms with Crippen LogP contribution in [0.3, 0.4) is 0 Å². The number of carbonyl (C=O) groups excluding carboxylic acids is 1. The van der Waals surface area contributed by atoms with Gasteiger partial charge in [-0.15, -0.1) is 0 Å². The molecule has 0 saturated carbocycles. The minimum Gasteiger partial charge on any atom is -0.495 e. The van der Waals surface area contributed by atoms with Crippen LogP contribution in [-0.4, -0.2) is 35.3 Å². The third-order valence-electron chi connectivity index (χ3n) is 3.94. The molecule has 3 aromatic rings. The molecular weight excluding hydrogens is 419 g/mol. The van der Waals surface area contributed by atoms with E-state index in [1.54, 1.807) is 36.3 Å². The van der Waals surface area contributed by atoms with E-state index < -0.39 is 0 Å². The number of ether oxygens (including phenoxy) is 1. The fraction of sp³-hybridized carbons (Fsp3) is 0.211. The van der Waals surface area contributed by atoms with Crippen molar-refractivity contribution in [3.63, 3.8) is 0 Å². The second-order valence-corrected chi connectivity index (χ2v) is 7.55. The normalized spacial score (nSPS) is 10.6. The number of nitrogens with one attached hydrogen (secondary N) is 1. The Morgan fingerprint density at radius 1 is 1.36 bits per heavy atom. The molecule has 144 valence electrons. The third kappa shape index (κ3) is 4.53. The van der Waals surface area contributed by atoms with Gasteiger partial charge in [-0.25, -0.2) is 4.98 Å². The highest BCUT2D eigenvalue weighted by atomic mass is 35.5. The van der Waals surface area contributed by atoms with Gasteiger partial charge >= 0.3 is 0 Å². The minimum atomic E-state index is -0.158. The van der Waals surface area contributed by atoms with Crippen molar-refractivity contribution in [2.45, 2.75) is 11.6 Å². The van der Waals surface area contributed by atoms with Gasteiger partial charge in [0.1, 0.15) is 11.3 Å². The number of methoxy groups -OCH3 is 1. The van der Waals surface area contributed by atoms with E-state index in [0.29, 0.717) is 37.7 Å². The first-order valence-electron chi connectivity index (χ1n) is 8.31. The highest BCUT2D eigenvalue weighted by Gasteiger charge is 2.20. The van der Waals surface area contributed by atoms with Gasteiger partial charge in [-0.3, -0.25) is 4.79 Å². The maximum Gasteiger partial charge on any atom is 0.237 e. The molecule has 0 atom stereocenters. The quantitative estimate of drug-likeness (QED) is 0.533. The number of anilines is 1. The van der Waals surface area contributed by atoms with Crippen LogP contribution in [0.2, 0.25) is 10.0 Å². The number of carbonyl (C=O) groups is 1. The van der Waals surface area contributed by atoms with Crippen LogP contribution >= 0.6 is 35.0 Å². The zero-order valence-electron chi connectivity index (χ0n) is 14.9. The number of hydrogen-bond acceptors (Lipinski definition) is 5. The SMILES string of the molecule is COc1ccccc1N(CCC#N)C(=O)CSc1nc2c(Cl)cc(Cl)cc2[nH]1. The summed E-state index contributed by atoms with van der Waals surface area (Å²) in [6.45, 7) is 0.276. The first-order chi connectivity index (χ1) is 13.5. The highest BCUT2D eigenvalue weighted by Crippen LogP contribution is 2.31. The van der Waals surface area contributed by atoms with Crippen molar-refractivity contribution >= 4 is 57.6 Å². The fourth-order valence-electron chi connectivity index (χ4n) is 2.69. The summed E-state index contributed by atoms with van der Waals surface area (Å²) in [5, 5.41) is 10.5. The summed E-state index contributed by atoms with van der Waals surface area (Å²) in [5.41, 5.74) is 1.94. The topological polar surface area (TPSA) is 82.0 Å². The number of fused-ring (bicyclic) bond motifs is 1. The predicted octanol–water partition coefficient (Wildman–Crippen LogP) is 4.92. The number of thioether (sulfide) groups is 1. The number of nitriles is 1. The van der Waals surface area contributed by atoms with Gasteiger partial charge < -0.3 is 14.6 Å². The van der Waals surface area contributed by atoms with Gasteiger partial charge in [0.05, 0.1) is 41.6 Å². The summed E-state index contributed by atoms with van der Waals surface area (Å²) in [7, 11) is 1.55. The number of amides is 1. The maximum absolute atomic E-state index is 12.9. The highest BCUT2D eigenvalue weighted by molar-refractivity contribution is 7.99. The molecule has 1 N–H and O–H groups in total. The molecule has 1 heterocycles. The van der Waals surface area contributed by atoms with E-state index in [2.05, 4.69) is 16.0 Å². The smallest absolute Gasteiger partial charge is 0.237 e. The van der Waals surface area contributed by atoms with Crippen LogP contribution in [0.25, 0.3) is 11.0 Å². The summed E-state index contributed by atoms with van der Waals surface area (Å²) in [4.78, 5) is 22.0. The molecule has 9 heteroatoms. The van der Waals surface area contributed by atoms with Crippen LogP contribution in [0.5, 0.6) is 5.75 Å². The molecule has 3 rings (SSSR count). The molecule has 1 aromatic heterocycles. The molecular formula is C19H16Cl2N4O2S. The first-order valence-corrected chi connectivity index (χ1v) is 10.1. The third-order valence-corrected chi connectivity index (χ3v) is 5.30. The number of nitrogens with zero attached hydrogens (tertiary/aromatic N) is 3. The number of aromatic nitrogens is 2. The lowest BCUT2D eigenvalue weighted by atomic mass is 10.2. The van der Waals surface area contributed by atoms with Crippen LogP contribution in [0, 0.1) is 11.3 Å². The molecule has 0 unspecified atom stereocenters. The van der Waals surface area contributed by atoms with Crippen molar-refractivity contribution in [2.24, 2.45) is 0 Å². The van der Waals surface area contributed by atoms with E-state index in [1.807, 2.05) is 12.1 Å². The number of aromatic amines is 1. The van der Waals surface area contributed by atoms with E-state index in [0.717, 1.165) is 0 Å². The minimum absolute atomic E-state index is 0.134. The van der Waals surface area contributed by atoms with E-state index in [9.17, 15) is 4.79 Å². The lowest BCUT2D eigenvalue weighted by Gasteiger charge is -2.23. The van der Waals surface area contributed by atoms with Crippen molar-refractivity contribution < 1.29 is 9.53 Å². The lowest BCUT2D eigenvalue weighted by molar-refractivity contribution is -0.116. The van der Waals surface area contributed by atoms with Crippen molar-refractivity contribution in [3.05, 3.63) is 46.4 Å². The summed E-state index contributed by atoms with van der Waals surface area (Å²) >= 11 is 13.4. The molecule has 0 spiro atoms. The molecule has 0 saturated heterocycles. The Morgan fingerprint density at radius 2 is 2.14 bits per heavy atom. The first kappa shape index (κ1) is 20.3. The van der Waals surface area contributed by atoms with Gasteiger partial charge in [-0.05, 0) is 24.3 Å². The lowest BCUT2D eigenvalue weighted by Crippen LogP contribution is -2.33. The molecule has 0 radical (unpaired) electrons. The monoisotopic (exact) mass is 434 g/mol. The van der Waals surface area contributed by atoms with Crippen LogP contribution in [0.15, 0.2) is 41.6 Å². The zero-order valence-corrected chi connectivity index (χ0v) is 17.2. The molecule has 0 aliphatic heterocycles. The Labute approximate surface area is 176 Å². The van der Waals surface area contributed by atoms with Crippen molar-refractivity contribution in [1.29, 1.82) is 5.26 Å². The van der Waals surface area contributed by atoms with Crippen molar-refractivity contribution in [3.8, 4) is 11.8 Å². The Kier molecular flexibility index (Phi) is 6.68. The number of para-hydroxylation sites is 2. The Bertz CT molecular complexity index is 1050. The summed E-state index contributed by atoms with van der Waals surface area (Å²) < 4.78 is 5.35. The molecule has 2 aromatic carbocycles. The van der Waals surface area contributed by atoms with Gasteiger partial charge in [0.2, 0.25) is 5.91 Å². The van der Waals surface area contributed by atoms with Gasteiger partial charge in [0.15, 0.2) is 5.16 Å². The second-order valence-electron chi connectivity index (χ2n) is 5.74. The van der Waals surface area contributed by atoms with E-state index in [4.69, 9.17) is 33.2 Å². The van der Waals surface area contributed by atoms with Crippen LogP contribution in [0.1, 0.15) is 6.42 Å². The summed E-state index contributed by atoms with van der Waals surface area (Å²) in [6, 6.07) is 12.7. The van der Waals surface area contributed by atoms with E-state index in [-0.39, 0.29) is 24.6 Å². The average Bonchev–Trinajstić information content (AvgIpc) is 3.10. The molecule has 6 nitrogen and oxygen atoms in total. The zero-order chi connectivity index (χ0) is 20.1. The summed E-state index contributed by atoms with van der Waals surface area (Å²) in [6.07, 6.45) is 0.215. The molecule has 1 amide bonds. The number of H-pyrrole nitrogens is 1. The van der Waals surface area contributed by atoms with Crippen LogP contribution in [0.4, 0.5) is 5.69 Å². The van der Waals surface area contributed by atoms with E-state index >= 15 is 0 Å². The van der Waals surface area contributed by atoms with Gasteiger partial charge in [-0.2, -0.15) is 5.26 Å². The number of benzene rings is 2. The number of rotatable bonds is 7. The standard InChI is InChI=1S/C19H16Cl2N4O2S/c1-27-16-6-3-2-5-15(16)25(8-4-7-22)17(26)11-28-19-23-14-10-12(20)9-13(21)18(14)24-19/h2-3,5-6,9-10H,4,8,11H2,1H3,(H,23,24). The molecule has 28 heavy (non-hydrogen) atoms. The Balaban J connectivity index is 1.79. The largest absolute Gasteiger partial charge is 0.495 e. The van der Waals surface area contributed by atoms with Crippen LogP contribution < -0.4 is 9.64 Å². The Hall–Kier alpha value is -2.40. The van der Waals surface area contributed by atoms with Crippen molar-refractivity contribution in [2.75, 3.05) is 24.3 Å². The van der Waals surface area contributed by atoms with Gasteiger partial charge in [0, 0.05) is 11.6 Å². The number of halogens is 2. The number of hydrogen-bond donors (Lipinski definition) is 1. The number of imidazole rings is 1. The average molecular weight is 435 g/mol. The maximum atomic E-state index is 12.9. The van der Waals surface area contributed by atoms with Gasteiger partial charge in [-0.1, -0.05) is 47.1 Å². The molecule has 0 bridgehead atoms. The Morgan fingerprint density at radius 3 is 2.89 bits per heavy atom. The molecule has 0 aliphatic rings. The molecule has 0 fully saturated rings. The van der Waals surface area contributed by atoms with E-state index in [1.165, 1.54) is 11.8 Å². The van der Waals surface area contributed by atoms with Crippen molar-refractivity contribution in [1.82, 2.24) is 9.97 Å². The second kappa shape index (κ2) is 9.20. The predicted molar refractivity (Wildman–Crippen MR) is 112 cm³/mol. The molecule has 0 aliphatic carbocycles.